The summed E-state index contributed by atoms with van der Waals surface area (Å²) < 4.78 is 1.87. The predicted molar refractivity (Wildman–Crippen MR) is 58.2 cm³/mol. The Morgan fingerprint density at radius 2 is 2.07 bits per heavy atom. The van der Waals surface area contributed by atoms with E-state index in [0.29, 0.717) is 13.0 Å². The fraction of sp³-hybridized carbons (Fsp3) is 0.600. The lowest BCUT2D eigenvalue weighted by Crippen LogP contribution is -2.37. The number of primary amides is 1. The zero-order valence-corrected chi connectivity index (χ0v) is 9.45. The number of carbonyl (C=O) groups excluding carboxylic acids is 1. The number of hydrogen-bond donors (Lipinski definition) is 2. The topological polar surface area (TPSA) is 86.9 Å². The van der Waals surface area contributed by atoms with Gasteiger partial charge >= 0.3 is 0 Å². The lowest BCUT2D eigenvalue weighted by atomic mass is 10.2. The molecule has 0 radical (unpaired) electrons. The van der Waals surface area contributed by atoms with Crippen LogP contribution < -0.4 is 11.5 Å². The molecule has 1 rings (SSSR count). The van der Waals surface area contributed by atoms with Gasteiger partial charge in [0.25, 0.3) is 0 Å². The Hall–Kier alpha value is -1.36. The van der Waals surface area contributed by atoms with E-state index in [9.17, 15) is 4.79 Å². The highest BCUT2D eigenvalue weighted by Crippen LogP contribution is 2.11. The zero-order valence-electron chi connectivity index (χ0n) is 9.45. The zero-order chi connectivity index (χ0) is 11.6. The van der Waals surface area contributed by atoms with E-state index in [1.165, 1.54) is 5.56 Å². The predicted octanol–water partition coefficient (Wildman–Crippen LogP) is 0.0111. The number of amides is 1. The van der Waals surface area contributed by atoms with E-state index in [1.54, 1.807) is 0 Å². The van der Waals surface area contributed by atoms with E-state index in [0.717, 1.165) is 11.4 Å². The third-order valence-electron chi connectivity index (χ3n) is 2.76. The van der Waals surface area contributed by atoms with Crippen LogP contribution in [0.3, 0.4) is 0 Å². The van der Waals surface area contributed by atoms with Crippen molar-refractivity contribution in [2.24, 2.45) is 11.5 Å². The molecule has 0 aliphatic rings. The van der Waals surface area contributed by atoms with Gasteiger partial charge in [0.05, 0.1) is 11.7 Å². The molecule has 1 heterocycles. The Morgan fingerprint density at radius 3 is 2.47 bits per heavy atom. The number of carbonyl (C=O) groups is 1. The molecule has 5 nitrogen and oxygen atoms in total. The van der Waals surface area contributed by atoms with Gasteiger partial charge in [-0.2, -0.15) is 5.10 Å². The summed E-state index contributed by atoms with van der Waals surface area (Å²) in [6.07, 6.45) is 0.525. The van der Waals surface area contributed by atoms with Crippen LogP contribution in [0.5, 0.6) is 0 Å². The Bertz CT molecular complexity index is 370. The Balaban J connectivity index is 2.66. The van der Waals surface area contributed by atoms with Gasteiger partial charge in [0.2, 0.25) is 5.91 Å². The molecule has 0 aliphatic carbocycles. The fourth-order valence-electron chi connectivity index (χ4n) is 1.41. The second-order valence-electron chi connectivity index (χ2n) is 3.82. The number of nitrogens with two attached hydrogens (primary N) is 2. The van der Waals surface area contributed by atoms with E-state index in [1.807, 2.05) is 25.5 Å². The van der Waals surface area contributed by atoms with E-state index in [-0.39, 0.29) is 0 Å². The molecule has 1 atom stereocenters. The van der Waals surface area contributed by atoms with E-state index in [4.69, 9.17) is 11.5 Å². The highest BCUT2D eigenvalue weighted by Gasteiger charge is 2.11. The van der Waals surface area contributed by atoms with Crippen LogP contribution in [-0.4, -0.2) is 21.7 Å². The molecule has 0 aliphatic heterocycles. The molecule has 0 fully saturated rings. The van der Waals surface area contributed by atoms with Crippen molar-refractivity contribution in [1.82, 2.24) is 9.78 Å². The van der Waals surface area contributed by atoms with Crippen molar-refractivity contribution in [3.63, 3.8) is 0 Å². The molecule has 0 spiro atoms. The third-order valence-corrected chi connectivity index (χ3v) is 2.76. The van der Waals surface area contributed by atoms with E-state index >= 15 is 0 Å². The number of aryl methyl sites for hydroxylation is 2. The molecule has 0 saturated heterocycles. The van der Waals surface area contributed by atoms with Gasteiger partial charge < -0.3 is 11.5 Å². The standard InChI is InChI=1S/C10H18N4O/c1-6-7(2)13-14(8(6)3)5-4-9(11)10(12)15/h9H,4-5,11H2,1-3H3,(H2,12,15). The Labute approximate surface area is 89.4 Å². The molecule has 1 aromatic heterocycles. The fourth-order valence-corrected chi connectivity index (χ4v) is 1.41. The minimum Gasteiger partial charge on any atom is -0.368 e. The molecule has 84 valence electrons. The van der Waals surface area contributed by atoms with Gasteiger partial charge in [-0.1, -0.05) is 0 Å². The van der Waals surface area contributed by atoms with Crippen LogP contribution in [0.2, 0.25) is 0 Å². The van der Waals surface area contributed by atoms with Crippen LogP contribution in [0.25, 0.3) is 0 Å². The molecule has 5 heteroatoms. The van der Waals surface area contributed by atoms with Crippen molar-refractivity contribution >= 4 is 5.91 Å². The maximum atomic E-state index is 10.7. The summed E-state index contributed by atoms with van der Waals surface area (Å²) >= 11 is 0. The van der Waals surface area contributed by atoms with Gasteiger partial charge in [-0.25, -0.2) is 0 Å². The van der Waals surface area contributed by atoms with Gasteiger partial charge in [0.1, 0.15) is 0 Å². The first kappa shape index (κ1) is 11.7. The van der Waals surface area contributed by atoms with Crippen LogP contribution in [0.15, 0.2) is 0 Å². The molecule has 1 amide bonds. The second-order valence-corrected chi connectivity index (χ2v) is 3.82. The van der Waals surface area contributed by atoms with Gasteiger partial charge in [-0.15, -0.1) is 0 Å². The summed E-state index contributed by atoms with van der Waals surface area (Å²) in [5.41, 5.74) is 13.9. The van der Waals surface area contributed by atoms with Crippen LogP contribution >= 0.6 is 0 Å². The number of rotatable bonds is 4. The van der Waals surface area contributed by atoms with Gasteiger partial charge in [-0.3, -0.25) is 9.48 Å². The normalized spacial score (nSPS) is 12.8. The first-order valence-corrected chi connectivity index (χ1v) is 4.99. The Morgan fingerprint density at radius 1 is 1.47 bits per heavy atom. The van der Waals surface area contributed by atoms with Gasteiger partial charge in [0, 0.05) is 12.2 Å². The van der Waals surface area contributed by atoms with Gasteiger partial charge in [-0.05, 0) is 32.8 Å². The largest absolute Gasteiger partial charge is 0.368 e. The minimum atomic E-state index is -0.589. The van der Waals surface area contributed by atoms with Crippen molar-refractivity contribution in [3.05, 3.63) is 17.0 Å². The second kappa shape index (κ2) is 4.44. The monoisotopic (exact) mass is 210 g/mol. The number of aromatic nitrogens is 2. The summed E-state index contributed by atoms with van der Waals surface area (Å²) in [6.45, 7) is 6.63. The average molecular weight is 210 g/mol. The first-order chi connectivity index (χ1) is 6.93. The van der Waals surface area contributed by atoms with Crippen molar-refractivity contribution in [1.29, 1.82) is 0 Å². The van der Waals surface area contributed by atoms with Crippen molar-refractivity contribution < 1.29 is 4.79 Å². The smallest absolute Gasteiger partial charge is 0.234 e. The minimum absolute atomic E-state index is 0.465. The summed E-state index contributed by atoms with van der Waals surface area (Å²) in [7, 11) is 0. The SMILES string of the molecule is Cc1nn(CCC(N)C(N)=O)c(C)c1C. The number of nitrogens with zero attached hydrogens (tertiary/aromatic N) is 2. The highest BCUT2D eigenvalue weighted by atomic mass is 16.1. The summed E-state index contributed by atoms with van der Waals surface area (Å²) in [4.78, 5) is 10.7. The van der Waals surface area contributed by atoms with Crippen molar-refractivity contribution in [2.45, 2.75) is 39.8 Å². The maximum absolute atomic E-state index is 10.7. The first-order valence-electron chi connectivity index (χ1n) is 4.99. The van der Waals surface area contributed by atoms with Crippen LogP contribution in [0.4, 0.5) is 0 Å². The maximum Gasteiger partial charge on any atom is 0.234 e. The molecule has 1 aromatic rings. The van der Waals surface area contributed by atoms with Gasteiger partial charge in [0.15, 0.2) is 0 Å². The molecule has 0 aromatic carbocycles. The Kier molecular flexibility index (Phi) is 3.47. The molecule has 1 unspecified atom stereocenters. The molecule has 4 N–H and O–H groups in total. The molecular formula is C10H18N4O. The molecule has 0 bridgehead atoms. The quantitative estimate of drug-likeness (QED) is 0.734. The average Bonchev–Trinajstić information content (AvgIpc) is 2.42. The number of hydrogen-bond acceptors (Lipinski definition) is 3. The van der Waals surface area contributed by atoms with Crippen LogP contribution in [0.1, 0.15) is 23.4 Å². The van der Waals surface area contributed by atoms with Crippen molar-refractivity contribution in [2.75, 3.05) is 0 Å². The van der Waals surface area contributed by atoms with Crippen LogP contribution in [0, 0.1) is 20.8 Å². The summed E-state index contributed by atoms with van der Waals surface area (Å²) in [5.74, 6) is -0.465. The highest BCUT2D eigenvalue weighted by molar-refractivity contribution is 5.79. The lowest BCUT2D eigenvalue weighted by Gasteiger charge is -2.08. The van der Waals surface area contributed by atoms with E-state index < -0.39 is 11.9 Å². The molecule has 15 heavy (non-hydrogen) atoms. The third kappa shape index (κ3) is 2.56. The molecule has 0 saturated carbocycles. The van der Waals surface area contributed by atoms with Crippen molar-refractivity contribution in [3.8, 4) is 0 Å². The van der Waals surface area contributed by atoms with E-state index in [2.05, 4.69) is 5.10 Å². The summed E-state index contributed by atoms with van der Waals surface area (Å²) in [6, 6.07) is -0.589. The lowest BCUT2D eigenvalue weighted by molar-refractivity contribution is -0.119. The summed E-state index contributed by atoms with van der Waals surface area (Å²) in [5, 5.41) is 4.35. The van der Waals surface area contributed by atoms with Crippen LogP contribution in [-0.2, 0) is 11.3 Å². The molecular weight excluding hydrogens is 192 g/mol.